The second kappa shape index (κ2) is 7.75. The zero-order valence-electron chi connectivity index (χ0n) is 17.6. The van der Waals surface area contributed by atoms with Crippen LogP contribution in [0.2, 0.25) is 0 Å². The van der Waals surface area contributed by atoms with Crippen molar-refractivity contribution in [2.45, 2.75) is 32.7 Å². The van der Waals surface area contributed by atoms with Crippen molar-refractivity contribution in [3.8, 4) is 5.69 Å². The lowest BCUT2D eigenvalue weighted by Crippen LogP contribution is -2.37. The Labute approximate surface area is 179 Å². The number of benzene rings is 1. The molecule has 7 heteroatoms. The predicted molar refractivity (Wildman–Crippen MR) is 117 cm³/mol. The van der Waals surface area contributed by atoms with Crippen molar-refractivity contribution in [1.29, 1.82) is 0 Å². The van der Waals surface area contributed by atoms with Gasteiger partial charge in [-0.3, -0.25) is 24.3 Å². The van der Waals surface area contributed by atoms with Gasteiger partial charge in [0.15, 0.2) is 0 Å². The van der Waals surface area contributed by atoms with E-state index in [0.29, 0.717) is 28.9 Å². The molecular weight excluding hydrogens is 394 g/mol. The molecule has 0 saturated carbocycles. The number of hydrogen-bond donors (Lipinski definition) is 2. The summed E-state index contributed by atoms with van der Waals surface area (Å²) in [7, 11) is 0. The molecule has 3 heterocycles. The van der Waals surface area contributed by atoms with Gasteiger partial charge in [0.05, 0.1) is 17.5 Å². The monoisotopic (exact) mass is 417 g/mol. The van der Waals surface area contributed by atoms with Crippen LogP contribution in [0.1, 0.15) is 47.8 Å². The maximum absolute atomic E-state index is 12.5. The van der Waals surface area contributed by atoms with Gasteiger partial charge in [0.1, 0.15) is 6.26 Å². The van der Waals surface area contributed by atoms with Crippen LogP contribution in [0.25, 0.3) is 11.3 Å². The SMILES string of the molecule is CC(C)(C)c1ccc2c(c1)/C(=C/NCc1ccn(-c3ccoc3)c(=O)c1)C(=O)NC2=O. The average Bonchev–Trinajstić information content (AvgIpc) is 3.24. The molecule has 0 fully saturated rings. The first-order valence-electron chi connectivity index (χ1n) is 9.92. The number of carbonyl (C=O) groups is 2. The first-order valence-corrected chi connectivity index (χ1v) is 9.92. The minimum Gasteiger partial charge on any atom is -0.470 e. The topological polar surface area (TPSA) is 93.3 Å². The highest BCUT2D eigenvalue weighted by molar-refractivity contribution is 6.31. The highest BCUT2D eigenvalue weighted by atomic mass is 16.3. The summed E-state index contributed by atoms with van der Waals surface area (Å²) in [5.74, 6) is -0.855. The van der Waals surface area contributed by atoms with Crippen LogP contribution < -0.4 is 16.2 Å². The summed E-state index contributed by atoms with van der Waals surface area (Å²) in [6.45, 7) is 6.58. The quantitative estimate of drug-likeness (QED) is 0.503. The number of fused-ring (bicyclic) bond motifs is 1. The molecule has 1 aliphatic heterocycles. The molecule has 31 heavy (non-hydrogen) atoms. The molecule has 0 saturated heterocycles. The van der Waals surface area contributed by atoms with E-state index in [4.69, 9.17) is 4.42 Å². The summed E-state index contributed by atoms with van der Waals surface area (Å²) < 4.78 is 6.50. The number of pyridine rings is 1. The van der Waals surface area contributed by atoms with Crippen LogP contribution in [-0.2, 0) is 16.8 Å². The fourth-order valence-electron chi connectivity index (χ4n) is 3.44. The van der Waals surface area contributed by atoms with E-state index in [1.807, 2.05) is 18.2 Å². The smallest absolute Gasteiger partial charge is 0.260 e. The number of nitrogens with one attached hydrogen (secondary N) is 2. The van der Waals surface area contributed by atoms with E-state index in [1.54, 1.807) is 24.5 Å². The fourth-order valence-corrected chi connectivity index (χ4v) is 3.44. The van der Waals surface area contributed by atoms with E-state index in [2.05, 4.69) is 31.4 Å². The fraction of sp³-hybridized carbons (Fsp3) is 0.208. The average molecular weight is 417 g/mol. The van der Waals surface area contributed by atoms with Gasteiger partial charge in [0.25, 0.3) is 17.4 Å². The molecule has 0 bridgehead atoms. The molecule has 1 aromatic carbocycles. The third-order valence-corrected chi connectivity index (χ3v) is 5.21. The maximum atomic E-state index is 12.5. The van der Waals surface area contributed by atoms with Gasteiger partial charge in [-0.2, -0.15) is 0 Å². The van der Waals surface area contributed by atoms with Crippen molar-refractivity contribution in [2.24, 2.45) is 0 Å². The lowest BCUT2D eigenvalue weighted by Gasteiger charge is -2.24. The van der Waals surface area contributed by atoms with Crippen LogP contribution in [-0.4, -0.2) is 16.4 Å². The van der Waals surface area contributed by atoms with Crippen molar-refractivity contribution in [2.75, 3.05) is 0 Å². The highest BCUT2D eigenvalue weighted by Gasteiger charge is 2.28. The van der Waals surface area contributed by atoms with Crippen molar-refractivity contribution in [1.82, 2.24) is 15.2 Å². The number of nitrogens with zero attached hydrogens (tertiary/aromatic N) is 1. The molecule has 4 rings (SSSR count). The van der Waals surface area contributed by atoms with Gasteiger partial charge in [-0.15, -0.1) is 0 Å². The molecule has 0 radical (unpaired) electrons. The standard InChI is InChI=1S/C24H23N3O4/c1-24(2,3)16-4-5-18-19(11-16)20(23(30)26-22(18)29)13-25-12-15-6-8-27(21(28)10-15)17-7-9-31-14-17/h4-11,13-14,25H,12H2,1-3H3,(H,26,29,30)/b20-13-. The summed E-state index contributed by atoms with van der Waals surface area (Å²) in [5, 5.41) is 5.47. The zero-order chi connectivity index (χ0) is 22.2. The molecule has 0 spiro atoms. The van der Waals surface area contributed by atoms with Crippen LogP contribution in [0.3, 0.4) is 0 Å². The minimum absolute atomic E-state index is 0.122. The molecule has 0 atom stereocenters. The maximum Gasteiger partial charge on any atom is 0.260 e. The van der Waals surface area contributed by atoms with Crippen LogP contribution in [0.15, 0.2) is 70.5 Å². The lowest BCUT2D eigenvalue weighted by molar-refractivity contribution is -0.114. The molecule has 2 amide bonds. The molecule has 7 nitrogen and oxygen atoms in total. The number of aromatic nitrogens is 1. The molecule has 3 aromatic rings. The van der Waals surface area contributed by atoms with Gasteiger partial charge in [-0.1, -0.05) is 26.8 Å². The molecule has 158 valence electrons. The Balaban J connectivity index is 1.59. The lowest BCUT2D eigenvalue weighted by atomic mass is 9.83. The van der Waals surface area contributed by atoms with Gasteiger partial charge in [-0.05, 0) is 34.7 Å². The largest absolute Gasteiger partial charge is 0.470 e. The Morgan fingerprint density at radius 2 is 1.84 bits per heavy atom. The number of furan rings is 1. The van der Waals surface area contributed by atoms with E-state index < -0.39 is 11.8 Å². The van der Waals surface area contributed by atoms with E-state index in [0.717, 1.165) is 11.1 Å². The number of rotatable bonds is 4. The molecule has 2 N–H and O–H groups in total. The Morgan fingerprint density at radius 1 is 1.03 bits per heavy atom. The number of hydrogen-bond acceptors (Lipinski definition) is 5. The Kier molecular flexibility index (Phi) is 5.10. The van der Waals surface area contributed by atoms with Crippen molar-refractivity contribution in [3.63, 3.8) is 0 Å². The van der Waals surface area contributed by atoms with Gasteiger partial charge in [0, 0.05) is 42.2 Å². The van der Waals surface area contributed by atoms with Crippen LogP contribution in [0.4, 0.5) is 0 Å². The van der Waals surface area contributed by atoms with Crippen LogP contribution in [0, 0.1) is 0 Å². The molecule has 1 aliphatic rings. The summed E-state index contributed by atoms with van der Waals surface area (Å²) >= 11 is 0. The van der Waals surface area contributed by atoms with E-state index in [1.165, 1.54) is 23.2 Å². The van der Waals surface area contributed by atoms with E-state index in [-0.39, 0.29) is 11.0 Å². The number of amides is 2. The van der Waals surface area contributed by atoms with Crippen LogP contribution in [0.5, 0.6) is 0 Å². The molecule has 0 aliphatic carbocycles. The highest BCUT2D eigenvalue weighted by Crippen LogP contribution is 2.30. The van der Waals surface area contributed by atoms with Crippen LogP contribution >= 0.6 is 0 Å². The van der Waals surface area contributed by atoms with Crippen molar-refractivity contribution >= 4 is 17.4 Å². The minimum atomic E-state index is -0.452. The summed E-state index contributed by atoms with van der Waals surface area (Å²) in [4.78, 5) is 37.1. The van der Waals surface area contributed by atoms with E-state index in [9.17, 15) is 14.4 Å². The normalized spacial score (nSPS) is 15.0. The van der Waals surface area contributed by atoms with Gasteiger partial charge < -0.3 is 9.73 Å². The summed E-state index contributed by atoms with van der Waals surface area (Å²) in [6, 6.07) is 10.6. The predicted octanol–water partition coefficient (Wildman–Crippen LogP) is 3.13. The van der Waals surface area contributed by atoms with Gasteiger partial charge in [0.2, 0.25) is 0 Å². The Bertz CT molecular complexity index is 1240. The number of imide groups is 1. The third kappa shape index (κ3) is 4.07. The first-order chi connectivity index (χ1) is 14.7. The summed E-state index contributed by atoms with van der Waals surface area (Å²) in [5.41, 5.74) is 3.58. The molecule has 0 unspecified atom stereocenters. The second-order valence-electron chi connectivity index (χ2n) is 8.46. The second-order valence-corrected chi connectivity index (χ2v) is 8.46. The third-order valence-electron chi connectivity index (χ3n) is 5.21. The summed E-state index contributed by atoms with van der Waals surface area (Å²) in [6.07, 6.45) is 6.27. The van der Waals surface area contributed by atoms with Gasteiger partial charge in [-0.25, -0.2) is 0 Å². The van der Waals surface area contributed by atoms with Gasteiger partial charge >= 0.3 is 0 Å². The van der Waals surface area contributed by atoms with Crippen molar-refractivity contribution in [3.05, 3.63) is 93.9 Å². The molecule has 2 aromatic heterocycles. The first kappa shape index (κ1) is 20.4. The Morgan fingerprint density at radius 3 is 2.52 bits per heavy atom. The molecular formula is C24H23N3O4. The van der Waals surface area contributed by atoms with Crippen molar-refractivity contribution < 1.29 is 14.0 Å². The Hall–Kier alpha value is -3.87. The zero-order valence-corrected chi connectivity index (χ0v) is 17.6. The van der Waals surface area contributed by atoms with E-state index >= 15 is 0 Å². The number of carbonyl (C=O) groups excluding carboxylic acids is 2.